The Labute approximate surface area is 151 Å². The summed E-state index contributed by atoms with van der Waals surface area (Å²) in [7, 11) is 0. The summed E-state index contributed by atoms with van der Waals surface area (Å²) in [5.74, 6) is -0.767. The number of hydrogen-bond acceptors (Lipinski definition) is 6. The first kappa shape index (κ1) is 19.2. The van der Waals surface area contributed by atoms with Gasteiger partial charge in [-0.1, -0.05) is 6.92 Å². The molecule has 0 radical (unpaired) electrons. The van der Waals surface area contributed by atoms with E-state index in [9.17, 15) is 14.4 Å². The lowest BCUT2D eigenvalue weighted by Crippen LogP contribution is -2.42. The molecule has 9 heteroatoms. The van der Waals surface area contributed by atoms with Crippen LogP contribution in [0, 0.1) is 0 Å². The minimum absolute atomic E-state index is 0.0400. The largest absolute Gasteiger partial charge is 0.454 e. The Hall–Kier alpha value is -3.10. The summed E-state index contributed by atoms with van der Waals surface area (Å²) in [6.07, 6.45) is 0.670. The van der Waals surface area contributed by atoms with Crippen LogP contribution in [0.4, 0.5) is 5.69 Å². The molecule has 3 amide bonds. The van der Waals surface area contributed by atoms with Crippen molar-refractivity contribution >= 4 is 29.1 Å². The van der Waals surface area contributed by atoms with Crippen molar-refractivity contribution in [2.24, 2.45) is 5.10 Å². The van der Waals surface area contributed by atoms with Crippen LogP contribution in [0.5, 0.6) is 11.5 Å². The smallest absolute Gasteiger partial charge is 0.329 e. The number of hydrogen-bond donors (Lipinski definition) is 3. The van der Waals surface area contributed by atoms with E-state index in [1.807, 2.05) is 6.92 Å². The van der Waals surface area contributed by atoms with Gasteiger partial charge in [0.25, 0.3) is 0 Å². The van der Waals surface area contributed by atoms with Gasteiger partial charge in [-0.2, -0.15) is 5.10 Å². The van der Waals surface area contributed by atoms with Gasteiger partial charge in [-0.3, -0.25) is 14.4 Å². The predicted molar refractivity (Wildman–Crippen MR) is 95.0 cm³/mol. The molecule has 1 aromatic rings. The molecule has 1 unspecified atom stereocenters. The molecule has 0 spiro atoms. The molecular weight excluding hydrogens is 340 g/mol. The second-order valence-corrected chi connectivity index (χ2v) is 5.86. The van der Waals surface area contributed by atoms with Crippen molar-refractivity contribution in [3.8, 4) is 11.5 Å². The molecule has 1 aliphatic heterocycles. The Kier molecular flexibility index (Phi) is 6.54. The van der Waals surface area contributed by atoms with Crippen molar-refractivity contribution in [3.05, 3.63) is 18.2 Å². The molecule has 3 N–H and O–H groups in total. The topological polar surface area (TPSA) is 118 Å². The number of nitrogens with zero attached hydrogens (tertiary/aromatic N) is 1. The zero-order chi connectivity index (χ0) is 19.1. The maximum absolute atomic E-state index is 12.0. The van der Waals surface area contributed by atoms with Crippen LogP contribution < -0.4 is 25.5 Å². The summed E-state index contributed by atoms with van der Waals surface area (Å²) in [6.45, 7) is 5.42. The number of rotatable bonds is 6. The second-order valence-electron chi connectivity index (χ2n) is 5.86. The minimum atomic E-state index is -0.874. The van der Waals surface area contributed by atoms with Crippen molar-refractivity contribution in [2.75, 3.05) is 12.1 Å². The van der Waals surface area contributed by atoms with Gasteiger partial charge in [0.15, 0.2) is 11.5 Å². The lowest BCUT2D eigenvalue weighted by Gasteiger charge is -2.10. The van der Waals surface area contributed by atoms with Crippen molar-refractivity contribution in [3.63, 3.8) is 0 Å². The van der Waals surface area contributed by atoms with Gasteiger partial charge in [0.05, 0.1) is 6.42 Å². The molecule has 0 aliphatic carbocycles. The molecule has 1 aliphatic rings. The van der Waals surface area contributed by atoms with Crippen LogP contribution in [0.3, 0.4) is 0 Å². The number of amides is 3. The average molecular weight is 362 g/mol. The predicted octanol–water partition coefficient (Wildman–Crippen LogP) is 1.15. The SMILES string of the molecule is CCC(C)NC(=O)C(=O)NN=C(C)CC(=O)Nc1ccc2c(c1)OCO2. The van der Waals surface area contributed by atoms with E-state index >= 15 is 0 Å². The maximum atomic E-state index is 12.0. The molecule has 0 aromatic heterocycles. The van der Waals surface area contributed by atoms with Crippen molar-refractivity contribution in [2.45, 2.75) is 39.7 Å². The molecule has 1 heterocycles. The lowest BCUT2D eigenvalue weighted by atomic mass is 10.2. The second kappa shape index (κ2) is 8.84. The number of ether oxygens (including phenoxy) is 2. The molecule has 9 nitrogen and oxygen atoms in total. The van der Waals surface area contributed by atoms with Gasteiger partial charge in [-0.15, -0.1) is 0 Å². The standard InChI is InChI=1S/C17H22N4O5/c1-4-10(2)18-16(23)17(24)21-20-11(3)7-15(22)19-12-5-6-13-14(8-12)26-9-25-13/h5-6,8,10H,4,7,9H2,1-3H3,(H,18,23)(H,19,22)(H,21,24). The van der Waals surface area contributed by atoms with E-state index in [0.717, 1.165) is 0 Å². The third-order valence-corrected chi connectivity index (χ3v) is 3.62. The fourth-order valence-electron chi connectivity index (χ4n) is 2.04. The molecule has 26 heavy (non-hydrogen) atoms. The van der Waals surface area contributed by atoms with Crippen LogP contribution in [-0.4, -0.2) is 36.3 Å². The highest BCUT2D eigenvalue weighted by atomic mass is 16.7. The molecule has 0 fully saturated rings. The summed E-state index contributed by atoms with van der Waals surface area (Å²) in [4.78, 5) is 35.2. The Morgan fingerprint density at radius 3 is 2.65 bits per heavy atom. The first-order valence-corrected chi connectivity index (χ1v) is 8.22. The summed E-state index contributed by atoms with van der Waals surface area (Å²) < 4.78 is 10.4. The highest BCUT2D eigenvalue weighted by molar-refractivity contribution is 6.35. The molecule has 1 aromatic carbocycles. The number of hydrazone groups is 1. The van der Waals surface area contributed by atoms with Gasteiger partial charge in [-0.25, -0.2) is 5.43 Å². The number of nitrogens with one attached hydrogen (secondary N) is 3. The summed E-state index contributed by atoms with van der Waals surface area (Å²) in [5, 5.41) is 8.99. The lowest BCUT2D eigenvalue weighted by molar-refractivity contribution is -0.139. The third-order valence-electron chi connectivity index (χ3n) is 3.62. The molecule has 0 saturated heterocycles. The summed E-state index contributed by atoms with van der Waals surface area (Å²) in [6, 6.07) is 4.95. The van der Waals surface area contributed by atoms with E-state index in [-0.39, 0.29) is 25.2 Å². The van der Waals surface area contributed by atoms with Crippen LogP contribution in [-0.2, 0) is 14.4 Å². The van der Waals surface area contributed by atoms with Crippen LogP contribution >= 0.6 is 0 Å². The number of fused-ring (bicyclic) bond motifs is 1. The van der Waals surface area contributed by atoms with Gasteiger partial charge >= 0.3 is 11.8 Å². The number of anilines is 1. The monoisotopic (exact) mass is 362 g/mol. The molecule has 0 bridgehead atoms. The van der Waals surface area contributed by atoms with Crippen LogP contribution in [0.25, 0.3) is 0 Å². The summed E-state index contributed by atoms with van der Waals surface area (Å²) in [5.41, 5.74) is 3.05. The van der Waals surface area contributed by atoms with E-state index in [1.165, 1.54) is 0 Å². The molecule has 0 saturated carbocycles. The highest BCUT2D eigenvalue weighted by Gasteiger charge is 2.16. The Bertz CT molecular complexity index is 732. The summed E-state index contributed by atoms with van der Waals surface area (Å²) >= 11 is 0. The first-order chi connectivity index (χ1) is 12.4. The normalized spacial score (nSPS) is 13.7. The van der Waals surface area contributed by atoms with Crippen LogP contribution in [0.2, 0.25) is 0 Å². The highest BCUT2D eigenvalue weighted by Crippen LogP contribution is 2.34. The molecule has 1 atom stereocenters. The van der Waals surface area contributed by atoms with Gasteiger partial charge in [-0.05, 0) is 32.4 Å². The zero-order valence-corrected chi connectivity index (χ0v) is 14.9. The Morgan fingerprint density at radius 1 is 1.19 bits per heavy atom. The van der Waals surface area contributed by atoms with E-state index in [0.29, 0.717) is 29.3 Å². The van der Waals surface area contributed by atoms with Crippen LogP contribution in [0.1, 0.15) is 33.6 Å². The Morgan fingerprint density at radius 2 is 1.92 bits per heavy atom. The maximum Gasteiger partial charge on any atom is 0.329 e. The average Bonchev–Trinajstić information content (AvgIpc) is 3.06. The van der Waals surface area contributed by atoms with Gasteiger partial charge in [0.2, 0.25) is 12.7 Å². The number of benzene rings is 1. The van der Waals surface area contributed by atoms with Gasteiger partial charge < -0.3 is 20.1 Å². The van der Waals surface area contributed by atoms with Crippen molar-refractivity contribution < 1.29 is 23.9 Å². The first-order valence-electron chi connectivity index (χ1n) is 8.22. The van der Waals surface area contributed by atoms with E-state index < -0.39 is 11.8 Å². The number of carbonyl (C=O) groups excluding carboxylic acids is 3. The van der Waals surface area contributed by atoms with Crippen molar-refractivity contribution in [1.82, 2.24) is 10.7 Å². The quantitative estimate of drug-likeness (QED) is 0.399. The number of carbonyl (C=O) groups is 3. The third kappa shape index (κ3) is 5.47. The van der Waals surface area contributed by atoms with E-state index in [2.05, 4.69) is 21.2 Å². The van der Waals surface area contributed by atoms with Gasteiger partial charge in [0, 0.05) is 23.5 Å². The fraction of sp³-hybridized carbons (Fsp3) is 0.412. The van der Waals surface area contributed by atoms with E-state index in [4.69, 9.17) is 9.47 Å². The minimum Gasteiger partial charge on any atom is -0.454 e. The molecule has 2 rings (SSSR count). The van der Waals surface area contributed by atoms with Gasteiger partial charge in [0.1, 0.15) is 0 Å². The van der Waals surface area contributed by atoms with Crippen LogP contribution in [0.15, 0.2) is 23.3 Å². The zero-order valence-electron chi connectivity index (χ0n) is 14.9. The van der Waals surface area contributed by atoms with E-state index in [1.54, 1.807) is 32.0 Å². The fourth-order valence-corrected chi connectivity index (χ4v) is 2.04. The Balaban J connectivity index is 1.81. The molecular formula is C17H22N4O5. The van der Waals surface area contributed by atoms with Crippen molar-refractivity contribution in [1.29, 1.82) is 0 Å². The molecule has 140 valence electrons.